The van der Waals surface area contributed by atoms with Gasteiger partial charge in [0.25, 0.3) is 5.91 Å². The molecule has 2 bridgehead atoms. The Labute approximate surface area is 197 Å². The number of fused-ring (bicyclic) bond motifs is 5. The third-order valence-electron chi connectivity index (χ3n) is 6.53. The number of allylic oxidation sites excluding steroid dienone is 2. The van der Waals surface area contributed by atoms with Crippen LogP contribution in [0.1, 0.15) is 37.6 Å². The van der Waals surface area contributed by atoms with E-state index in [-0.39, 0.29) is 29.6 Å². The number of carbonyl (C=O) groups is 5. The summed E-state index contributed by atoms with van der Waals surface area (Å²) in [7, 11) is 0. The fraction of sp³-hybridized carbons (Fsp3) is 0.480. The summed E-state index contributed by atoms with van der Waals surface area (Å²) in [6.45, 7) is 5.05. The van der Waals surface area contributed by atoms with Crippen molar-refractivity contribution in [2.24, 2.45) is 29.6 Å². The molecule has 0 spiro atoms. The standard InChI is InChI=1S/C25H28N2O7/c1-13(2)11-33-25(32)15-6-8-18(9-7-15)26-19(28)12-34-24(31)14(3)27-22(29)20-16-4-5-17(10-16)21(20)23(27)30/h4-9,13-14,16-17,20-21H,10-12H2,1-3H3,(H,26,28)/t14-,16+,17+,20-,21+/m1/s1. The van der Waals surface area contributed by atoms with Crippen LogP contribution in [0.25, 0.3) is 0 Å². The highest BCUT2D eigenvalue weighted by molar-refractivity contribution is 6.09. The van der Waals surface area contributed by atoms with Gasteiger partial charge in [-0.25, -0.2) is 9.59 Å². The Hall–Kier alpha value is -3.49. The van der Waals surface area contributed by atoms with Crippen molar-refractivity contribution in [2.75, 3.05) is 18.5 Å². The number of esters is 2. The zero-order valence-electron chi connectivity index (χ0n) is 19.4. The number of ether oxygens (including phenoxy) is 2. The highest BCUT2D eigenvalue weighted by atomic mass is 16.5. The van der Waals surface area contributed by atoms with Crippen molar-refractivity contribution in [1.82, 2.24) is 4.90 Å². The minimum atomic E-state index is -1.10. The zero-order valence-corrected chi connectivity index (χ0v) is 19.4. The summed E-state index contributed by atoms with van der Waals surface area (Å²) >= 11 is 0. The topological polar surface area (TPSA) is 119 Å². The van der Waals surface area contributed by atoms with Gasteiger partial charge in [-0.3, -0.25) is 19.3 Å². The normalized spacial score (nSPS) is 25.5. The number of amides is 3. The number of likely N-dealkylation sites (tertiary alicyclic amines) is 1. The summed E-state index contributed by atoms with van der Waals surface area (Å²) in [5, 5.41) is 2.57. The van der Waals surface area contributed by atoms with Crippen LogP contribution in [0.4, 0.5) is 5.69 Å². The number of imide groups is 1. The molecule has 5 atom stereocenters. The lowest BCUT2D eigenvalue weighted by atomic mass is 9.85. The van der Waals surface area contributed by atoms with Gasteiger partial charge in [-0.1, -0.05) is 26.0 Å². The molecule has 0 aromatic heterocycles. The van der Waals surface area contributed by atoms with Gasteiger partial charge in [0.15, 0.2) is 6.61 Å². The lowest BCUT2D eigenvalue weighted by Gasteiger charge is -2.23. The molecule has 1 saturated carbocycles. The first kappa shape index (κ1) is 23.7. The molecule has 1 heterocycles. The number of hydrogen-bond donors (Lipinski definition) is 1. The molecule has 0 radical (unpaired) electrons. The van der Waals surface area contributed by atoms with E-state index in [0.29, 0.717) is 17.9 Å². The van der Waals surface area contributed by atoms with E-state index in [1.165, 1.54) is 31.2 Å². The number of anilines is 1. The van der Waals surface area contributed by atoms with Gasteiger partial charge in [0, 0.05) is 5.69 Å². The van der Waals surface area contributed by atoms with Crippen LogP contribution >= 0.6 is 0 Å². The molecule has 180 valence electrons. The Morgan fingerprint density at radius 3 is 2.12 bits per heavy atom. The molecule has 3 amide bonds. The minimum absolute atomic E-state index is 0.0499. The molecule has 1 aliphatic heterocycles. The Morgan fingerprint density at radius 1 is 0.971 bits per heavy atom. The number of hydrogen-bond acceptors (Lipinski definition) is 7. The second kappa shape index (κ2) is 9.40. The number of benzene rings is 1. The first-order chi connectivity index (χ1) is 16.2. The fourth-order valence-electron chi connectivity index (χ4n) is 4.88. The van der Waals surface area contributed by atoms with E-state index in [1.807, 2.05) is 26.0 Å². The lowest BCUT2D eigenvalue weighted by Crippen LogP contribution is -2.45. The number of carbonyl (C=O) groups excluding carboxylic acids is 5. The van der Waals surface area contributed by atoms with E-state index in [1.54, 1.807) is 0 Å². The van der Waals surface area contributed by atoms with Gasteiger partial charge in [-0.15, -0.1) is 0 Å². The third kappa shape index (κ3) is 4.47. The van der Waals surface area contributed by atoms with Gasteiger partial charge in [-0.2, -0.15) is 0 Å². The Kier molecular flexibility index (Phi) is 6.54. The highest BCUT2D eigenvalue weighted by Crippen LogP contribution is 2.52. The molecule has 2 aliphatic carbocycles. The van der Waals surface area contributed by atoms with Crippen LogP contribution in [-0.4, -0.2) is 53.8 Å². The second-order valence-corrected chi connectivity index (χ2v) is 9.45. The third-order valence-corrected chi connectivity index (χ3v) is 6.53. The van der Waals surface area contributed by atoms with E-state index in [4.69, 9.17) is 9.47 Å². The van der Waals surface area contributed by atoms with Gasteiger partial charge in [0.2, 0.25) is 11.8 Å². The molecule has 2 fully saturated rings. The number of nitrogens with zero attached hydrogens (tertiary/aromatic N) is 1. The van der Waals surface area contributed by atoms with Gasteiger partial charge in [-0.05, 0) is 55.4 Å². The predicted molar refractivity (Wildman–Crippen MR) is 120 cm³/mol. The summed E-state index contributed by atoms with van der Waals surface area (Å²) in [6, 6.07) is 5.02. The summed E-state index contributed by atoms with van der Waals surface area (Å²) < 4.78 is 10.2. The summed E-state index contributed by atoms with van der Waals surface area (Å²) in [5.41, 5.74) is 0.766. The molecule has 1 aromatic rings. The van der Waals surface area contributed by atoms with Gasteiger partial charge in [0.05, 0.1) is 24.0 Å². The van der Waals surface area contributed by atoms with Crippen LogP contribution < -0.4 is 5.32 Å². The molecule has 0 unspecified atom stereocenters. The van der Waals surface area contributed by atoms with Crippen molar-refractivity contribution in [1.29, 1.82) is 0 Å². The van der Waals surface area contributed by atoms with Crippen LogP contribution in [0, 0.1) is 29.6 Å². The molecular weight excluding hydrogens is 440 g/mol. The predicted octanol–water partition coefficient (Wildman–Crippen LogP) is 2.18. The monoisotopic (exact) mass is 468 g/mol. The molecular formula is C25H28N2O7. The first-order valence-electron chi connectivity index (χ1n) is 11.5. The van der Waals surface area contributed by atoms with Gasteiger partial charge >= 0.3 is 11.9 Å². The molecule has 1 N–H and O–H groups in total. The quantitative estimate of drug-likeness (QED) is 0.353. The molecule has 34 heavy (non-hydrogen) atoms. The Morgan fingerprint density at radius 2 is 1.56 bits per heavy atom. The lowest BCUT2D eigenvalue weighted by molar-refractivity contribution is -0.159. The second-order valence-electron chi connectivity index (χ2n) is 9.45. The zero-order chi connectivity index (χ0) is 24.6. The first-order valence-corrected chi connectivity index (χ1v) is 11.5. The molecule has 9 nitrogen and oxygen atoms in total. The van der Waals surface area contributed by atoms with Crippen molar-refractivity contribution in [3.63, 3.8) is 0 Å². The van der Waals surface area contributed by atoms with Crippen molar-refractivity contribution < 1.29 is 33.4 Å². The maximum Gasteiger partial charge on any atom is 0.338 e. The smallest absolute Gasteiger partial charge is 0.338 e. The maximum atomic E-state index is 12.8. The van der Waals surface area contributed by atoms with Crippen molar-refractivity contribution in [3.05, 3.63) is 42.0 Å². The van der Waals surface area contributed by atoms with Gasteiger partial charge in [0.1, 0.15) is 6.04 Å². The molecule has 9 heteroatoms. The van der Waals surface area contributed by atoms with E-state index in [0.717, 1.165) is 11.3 Å². The average Bonchev–Trinajstić information content (AvgIpc) is 3.49. The van der Waals surface area contributed by atoms with Crippen molar-refractivity contribution >= 4 is 35.3 Å². The number of nitrogens with one attached hydrogen (secondary N) is 1. The van der Waals surface area contributed by atoms with E-state index < -0.39 is 42.3 Å². The number of rotatable bonds is 8. The van der Waals surface area contributed by atoms with Crippen LogP contribution in [0.3, 0.4) is 0 Å². The fourth-order valence-corrected chi connectivity index (χ4v) is 4.88. The van der Waals surface area contributed by atoms with Gasteiger partial charge < -0.3 is 14.8 Å². The minimum Gasteiger partial charge on any atom is -0.462 e. The summed E-state index contributed by atoms with van der Waals surface area (Å²) in [4.78, 5) is 63.3. The molecule has 4 rings (SSSR count). The molecule has 1 saturated heterocycles. The summed E-state index contributed by atoms with van der Waals surface area (Å²) in [5.74, 6) is -3.01. The molecule has 3 aliphatic rings. The highest BCUT2D eigenvalue weighted by Gasteiger charge is 2.60. The van der Waals surface area contributed by atoms with Crippen molar-refractivity contribution in [2.45, 2.75) is 33.2 Å². The molecule has 1 aromatic carbocycles. The van der Waals surface area contributed by atoms with E-state index in [9.17, 15) is 24.0 Å². The largest absolute Gasteiger partial charge is 0.462 e. The van der Waals surface area contributed by atoms with E-state index in [2.05, 4.69) is 5.32 Å². The van der Waals surface area contributed by atoms with Crippen molar-refractivity contribution in [3.8, 4) is 0 Å². The average molecular weight is 469 g/mol. The summed E-state index contributed by atoms with van der Waals surface area (Å²) in [6.07, 6.45) is 4.77. The van der Waals surface area contributed by atoms with Crippen LogP contribution in [0.2, 0.25) is 0 Å². The SMILES string of the molecule is CC(C)COC(=O)c1ccc(NC(=O)COC(=O)[C@@H](C)N2C(=O)[C@@H]3[C@H](C2=O)[C@H]2C=C[C@H]3C2)cc1. The van der Waals surface area contributed by atoms with Crippen LogP contribution in [-0.2, 0) is 28.7 Å². The maximum absolute atomic E-state index is 12.8. The Bertz CT molecular complexity index is 1020. The van der Waals surface area contributed by atoms with Crippen LogP contribution in [0.15, 0.2) is 36.4 Å². The van der Waals surface area contributed by atoms with Crippen LogP contribution in [0.5, 0.6) is 0 Å². The van der Waals surface area contributed by atoms with E-state index >= 15 is 0 Å². The Balaban J connectivity index is 1.26.